The van der Waals surface area contributed by atoms with Crippen LogP contribution in [0, 0.1) is 18.3 Å². The van der Waals surface area contributed by atoms with Gasteiger partial charge >= 0.3 is 12.4 Å². The zero-order chi connectivity index (χ0) is 29.9. The SMILES string of the molecule is Cc1ccc(OCC(F)(F)F)cc1CC[C@H]1Cc2nn(-c3ccc(C#N)cn3)c(C(=O)NCC(F)(F)F)c2C(=O)N1. The lowest BCUT2D eigenvalue weighted by atomic mass is 9.94. The number of rotatable bonds is 8. The topological polar surface area (TPSA) is 122 Å². The van der Waals surface area contributed by atoms with Crippen LogP contribution < -0.4 is 15.4 Å². The van der Waals surface area contributed by atoms with Gasteiger partial charge in [0.05, 0.1) is 16.8 Å². The van der Waals surface area contributed by atoms with Gasteiger partial charge in [-0.15, -0.1) is 0 Å². The molecule has 41 heavy (non-hydrogen) atoms. The standard InChI is InChI=1S/C26H22F6N6O3/c1-14-2-6-18(41-13-26(30,31)32)8-16(14)4-5-17-9-19-21(23(39)36-17)22(24(40)35-12-25(27,28)29)38(37-19)20-7-3-15(10-33)11-34-20/h2-3,6-8,11,17H,4-5,9,12-13H2,1H3,(H,35,40)(H,36,39)/t17-/m0/s1. The van der Waals surface area contributed by atoms with Gasteiger partial charge in [-0.05, 0) is 55.2 Å². The summed E-state index contributed by atoms with van der Waals surface area (Å²) < 4.78 is 81.7. The number of halogens is 6. The van der Waals surface area contributed by atoms with Crippen LogP contribution >= 0.6 is 0 Å². The van der Waals surface area contributed by atoms with E-state index >= 15 is 0 Å². The molecule has 0 bridgehead atoms. The zero-order valence-corrected chi connectivity index (χ0v) is 21.4. The first kappa shape index (κ1) is 29.4. The van der Waals surface area contributed by atoms with E-state index in [1.165, 1.54) is 30.5 Å². The van der Waals surface area contributed by atoms with Crippen molar-refractivity contribution in [3.8, 4) is 17.6 Å². The summed E-state index contributed by atoms with van der Waals surface area (Å²) in [5, 5.41) is 17.8. The van der Waals surface area contributed by atoms with Gasteiger partial charge in [0.25, 0.3) is 11.8 Å². The first-order valence-electron chi connectivity index (χ1n) is 12.2. The second kappa shape index (κ2) is 11.5. The molecule has 1 aliphatic heterocycles. The number of hydrogen-bond acceptors (Lipinski definition) is 6. The van der Waals surface area contributed by atoms with E-state index < -0.39 is 49.1 Å². The van der Waals surface area contributed by atoms with Gasteiger partial charge in [-0.2, -0.15) is 36.7 Å². The van der Waals surface area contributed by atoms with E-state index in [1.54, 1.807) is 18.3 Å². The van der Waals surface area contributed by atoms with Crippen LogP contribution in [0.25, 0.3) is 5.82 Å². The molecular formula is C26H22F6N6O3. The second-order valence-corrected chi connectivity index (χ2v) is 9.30. The molecule has 2 N–H and O–H groups in total. The van der Waals surface area contributed by atoms with Crippen molar-refractivity contribution in [2.75, 3.05) is 13.2 Å². The number of pyridine rings is 1. The van der Waals surface area contributed by atoms with Crippen LogP contribution in [0.5, 0.6) is 5.75 Å². The molecule has 1 aliphatic rings. The molecule has 0 saturated carbocycles. The molecule has 3 aromatic rings. The number of alkyl halides is 6. The number of nitrogens with zero attached hydrogens (tertiary/aromatic N) is 4. The summed E-state index contributed by atoms with van der Waals surface area (Å²) in [7, 11) is 0. The average molecular weight is 580 g/mol. The number of benzene rings is 1. The number of fused-ring (bicyclic) bond motifs is 1. The lowest BCUT2D eigenvalue weighted by Crippen LogP contribution is -2.43. The number of amides is 2. The number of carbonyl (C=O) groups excluding carboxylic acids is 2. The van der Waals surface area contributed by atoms with E-state index in [4.69, 9.17) is 10.00 Å². The van der Waals surface area contributed by atoms with Crippen molar-refractivity contribution in [3.63, 3.8) is 0 Å². The quantitative estimate of drug-likeness (QED) is 0.389. The molecule has 2 aromatic heterocycles. The molecule has 4 rings (SSSR count). The Morgan fingerprint density at radius 1 is 1.20 bits per heavy atom. The van der Waals surface area contributed by atoms with Gasteiger partial charge in [0.1, 0.15) is 24.1 Å². The highest BCUT2D eigenvalue weighted by Gasteiger charge is 2.36. The maximum atomic E-state index is 13.1. The van der Waals surface area contributed by atoms with Crippen molar-refractivity contribution < 1.29 is 40.7 Å². The van der Waals surface area contributed by atoms with E-state index in [9.17, 15) is 35.9 Å². The average Bonchev–Trinajstić information content (AvgIpc) is 3.30. The van der Waals surface area contributed by atoms with Gasteiger partial charge in [-0.1, -0.05) is 6.07 Å². The molecule has 216 valence electrons. The number of nitrogens with one attached hydrogen (secondary N) is 2. The zero-order valence-electron chi connectivity index (χ0n) is 21.4. The lowest BCUT2D eigenvalue weighted by molar-refractivity contribution is -0.153. The molecule has 9 nitrogen and oxygen atoms in total. The van der Waals surface area contributed by atoms with Gasteiger partial charge in [-0.25, -0.2) is 9.67 Å². The summed E-state index contributed by atoms with van der Waals surface area (Å²) in [5.74, 6) is -1.87. The molecule has 3 heterocycles. The van der Waals surface area contributed by atoms with Crippen LogP contribution in [-0.2, 0) is 12.8 Å². The van der Waals surface area contributed by atoms with Crippen molar-refractivity contribution in [1.82, 2.24) is 25.4 Å². The Morgan fingerprint density at radius 2 is 1.95 bits per heavy atom. The highest BCUT2D eigenvalue weighted by molar-refractivity contribution is 6.08. The fourth-order valence-electron chi connectivity index (χ4n) is 4.28. The van der Waals surface area contributed by atoms with Crippen molar-refractivity contribution in [3.05, 3.63) is 70.2 Å². The molecule has 0 aliphatic carbocycles. The summed E-state index contributed by atoms with van der Waals surface area (Å²) in [6.07, 6.45) is -7.20. The van der Waals surface area contributed by atoms with Gasteiger partial charge in [-0.3, -0.25) is 9.59 Å². The van der Waals surface area contributed by atoms with Crippen LogP contribution in [0.3, 0.4) is 0 Å². The Balaban J connectivity index is 1.58. The number of ether oxygens (including phenoxy) is 1. The Bertz CT molecular complexity index is 1490. The molecule has 1 aromatic carbocycles. The normalized spacial score (nSPS) is 15.1. The van der Waals surface area contributed by atoms with Crippen molar-refractivity contribution >= 4 is 11.8 Å². The highest BCUT2D eigenvalue weighted by Crippen LogP contribution is 2.27. The lowest BCUT2D eigenvalue weighted by Gasteiger charge is -2.23. The molecule has 0 spiro atoms. The van der Waals surface area contributed by atoms with Crippen molar-refractivity contribution in [1.29, 1.82) is 5.26 Å². The first-order chi connectivity index (χ1) is 19.2. The van der Waals surface area contributed by atoms with E-state index in [1.807, 2.05) is 6.07 Å². The minimum atomic E-state index is -4.70. The predicted molar refractivity (Wildman–Crippen MR) is 130 cm³/mol. The number of aryl methyl sites for hydroxylation is 2. The maximum Gasteiger partial charge on any atom is 0.422 e. The van der Waals surface area contributed by atoms with Crippen molar-refractivity contribution in [2.24, 2.45) is 0 Å². The summed E-state index contributed by atoms with van der Waals surface area (Å²) in [5.41, 5.74) is 1.19. The molecule has 0 unspecified atom stereocenters. The number of carbonyl (C=O) groups is 2. The predicted octanol–water partition coefficient (Wildman–Crippen LogP) is 3.97. The Labute approximate surface area is 229 Å². The third-order valence-corrected chi connectivity index (χ3v) is 6.20. The molecule has 15 heteroatoms. The number of nitriles is 1. The molecule has 0 fully saturated rings. The van der Waals surface area contributed by atoms with E-state index in [2.05, 4.69) is 15.4 Å². The van der Waals surface area contributed by atoms with E-state index in [-0.39, 0.29) is 34.8 Å². The Hall–Kier alpha value is -4.61. The largest absolute Gasteiger partial charge is 0.484 e. The Kier molecular flexibility index (Phi) is 8.22. The van der Waals surface area contributed by atoms with E-state index in [0.717, 1.165) is 10.2 Å². The second-order valence-electron chi connectivity index (χ2n) is 9.30. The molecule has 1 atom stereocenters. The fraction of sp³-hybridized carbons (Fsp3) is 0.346. The molecule has 2 amide bonds. The Morgan fingerprint density at radius 3 is 2.59 bits per heavy atom. The maximum absolute atomic E-state index is 13.1. The van der Waals surface area contributed by atoms with Gasteiger partial charge in [0.15, 0.2) is 12.4 Å². The van der Waals surface area contributed by atoms with Gasteiger partial charge in [0.2, 0.25) is 0 Å². The monoisotopic (exact) mass is 580 g/mol. The van der Waals surface area contributed by atoms with Crippen LogP contribution in [0.1, 0.15) is 49.7 Å². The number of aromatic nitrogens is 3. The van der Waals surface area contributed by atoms with E-state index in [0.29, 0.717) is 18.4 Å². The fourth-order valence-corrected chi connectivity index (χ4v) is 4.28. The molecule has 0 radical (unpaired) electrons. The third-order valence-electron chi connectivity index (χ3n) is 6.20. The van der Waals surface area contributed by atoms with Crippen LogP contribution in [0.4, 0.5) is 26.3 Å². The van der Waals surface area contributed by atoms with Gasteiger partial charge < -0.3 is 15.4 Å². The van der Waals surface area contributed by atoms with Crippen LogP contribution in [0.15, 0.2) is 36.5 Å². The summed E-state index contributed by atoms with van der Waals surface area (Å²) in [6.45, 7) is -1.30. The summed E-state index contributed by atoms with van der Waals surface area (Å²) in [6, 6.07) is 8.62. The molecular weight excluding hydrogens is 558 g/mol. The van der Waals surface area contributed by atoms with Crippen LogP contribution in [-0.4, -0.2) is 58.1 Å². The summed E-state index contributed by atoms with van der Waals surface area (Å²) >= 11 is 0. The smallest absolute Gasteiger partial charge is 0.422 e. The minimum absolute atomic E-state index is 0.00575. The number of hydrogen-bond donors (Lipinski definition) is 2. The minimum Gasteiger partial charge on any atom is -0.484 e. The van der Waals surface area contributed by atoms with Crippen molar-refractivity contribution in [2.45, 2.75) is 44.6 Å². The highest BCUT2D eigenvalue weighted by atomic mass is 19.4. The third kappa shape index (κ3) is 7.33. The summed E-state index contributed by atoms with van der Waals surface area (Å²) in [4.78, 5) is 30.0. The molecule has 0 saturated heterocycles. The van der Waals surface area contributed by atoms with Gasteiger partial charge in [0, 0.05) is 18.7 Å². The van der Waals surface area contributed by atoms with Crippen LogP contribution in [0.2, 0.25) is 0 Å². The first-order valence-corrected chi connectivity index (χ1v) is 12.2.